The van der Waals surface area contributed by atoms with E-state index in [0.717, 1.165) is 4.88 Å². The summed E-state index contributed by atoms with van der Waals surface area (Å²) in [5.41, 5.74) is 0.994. The van der Waals surface area contributed by atoms with Crippen LogP contribution >= 0.6 is 11.3 Å². The molecule has 178 valence electrons. The highest BCUT2D eigenvalue weighted by Crippen LogP contribution is 2.33. The number of thiophene rings is 1. The molecule has 0 saturated carbocycles. The number of nitrogens with zero attached hydrogens (tertiary/aromatic N) is 2. The third-order valence-corrected chi connectivity index (χ3v) is 8.44. The lowest BCUT2D eigenvalue weighted by Gasteiger charge is -2.29. The molecule has 1 N–H and O–H groups in total. The van der Waals surface area contributed by atoms with E-state index in [-0.39, 0.29) is 36.4 Å². The van der Waals surface area contributed by atoms with Gasteiger partial charge in [0.15, 0.2) is 6.61 Å². The van der Waals surface area contributed by atoms with Crippen LogP contribution in [0.5, 0.6) is 0 Å². The van der Waals surface area contributed by atoms with Gasteiger partial charge in [0, 0.05) is 30.4 Å². The van der Waals surface area contributed by atoms with Crippen molar-refractivity contribution in [3.63, 3.8) is 0 Å². The third kappa shape index (κ3) is 5.57. The summed E-state index contributed by atoms with van der Waals surface area (Å²) >= 11 is 1.24. The number of carbonyl (C=O) groups excluding carboxylic acids is 3. The van der Waals surface area contributed by atoms with Gasteiger partial charge in [0.25, 0.3) is 5.91 Å². The molecule has 33 heavy (non-hydrogen) atoms. The third-order valence-electron chi connectivity index (χ3n) is 5.43. The molecule has 1 fully saturated rings. The maximum atomic E-state index is 12.7. The van der Waals surface area contributed by atoms with Crippen LogP contribution in [0, 0.1) is 19.8 Å². The molecule has 1 amide bonds. The number of ether oxygens (including phenoxy) is 2. The van der Waals surface area contributed by atoms with Crippen molar-refractivity contribution >= 4 is 44.2 Å². The van der Waals surface area contributed by atoms with Crippen LogP contribution in [0.3, 0.4) is 0 Å². The van der Waals surface area contributed by atoms with Crippen LogP contribution in [0.25, 0.3) is 0 Å². The summed E-state index contributed by atoms with van der Waals surface area (Å²) in [5, 5.41) is 2.94. The van der Waals surface area contributed by atoms with Gasteiger partial charge < -0.3 is 14.8 Å². The van der Waals surface area contributed by atoms with Crippen LogP contribution < -0.4 is 5.32 Å². The predicted octanol–water partition coefficient (Wildman–Crippen LogP) is 2.13. The molecular formula is C21H25N3O7S2. The summed E-state index contributed by atoms with van der Waals surface area (Å²) in [6, 6.07) is 3.03. The largest absolute Gasteiger partial charge is 0.465 e. The van der Waals surface area contributed by atoms with Gasteiger partial charge in [-0.05, 0) is 44.4 Å². The number of hydrogen-bond donors (Lipinski definition) is 1. The molecule has 0 atom stereocenters. The number of pyridine rings is 1. The number of anilines is 1. The number of nitrogens with one attached hydrogen (secondary N) is 1. The molecule has 10 nitrogen and oxygen atoms in total. The van der Waals surface area contributed by atoms with Gasteiger partial charge in [0.1, 0.15) is 9.90 Å². The molecule has 1 saturated heterocycles. The number of aryl methyl sites for hydroxylation is 1. The van der Waals surface area contributed by atoms with Gasteiger partial charge in [-0.3, -0.25) is 14.6 Å². The minimum absolute atomic E-state index is 0.105. The Labute approximate surface area is 196 Å². The first-order valence-corrected chi connectivity index (χ1v) is 12.5. The van der Waals surface area contributed by atoms with E-state index in [9.17, 15) is 22.8 Å². The SMILES string of the molecule is COC(=O)c1c(NC(=O)COC(=O)C2CCN(S(=O)(=O)c3cccnc3)CC2)sc(C)c1C. The van der Waals surface area contributed by atoms with Crippen LogP contribution in [0.2, 0.25) is 0 Å². The normalized spacial score (nSPS) is 15.1. The smallest absolute Gasteiger partial charge is 0.341 e. The predicted molar refractivity (Wildman–Crippen MR) is 120 cm³/mol. The minimum atomic E-state index is -3.67. The molecule has 0 aliphatic carbocycles. The lowest BCUT2D eigenvalue weighted by Crippen LogP contribution is -2.41. The number of rotatable bonds is 7. The summed E-state index contributed by atoms with van der Waals surface area (Å²) in [7, 11) is -2.41. The highest BCUT2D eigenvalue weighted by atomic mass is 32.2. The van der Waals surface area contributed by atoms with E-state index in [0.29, 0.717) is 10.6 Å². The van der Waals surface area contributed by atoms with Crippen molar-refractivity contribution in [1.29, 1.82) is 0 Å². The number of esters is 2. The first-order chi connectivity index (χ1) is 15.6. The Morgan fingerprint density at radius 1 is 1.24 bits per heavy atom. The van der Waals surface area contributed by atoms with Crippen molar-refractivity contribution in [3.8, 4) is 0 Å². The average Bonchev–Trinajstić information content (AvgIpc) is 3.10. The minimum Gasteiger partial charge on any atom is -0.465 e. The van der Waals surface area contributed by atoms with Crippen molar-refractivity contribution in [2.45, 2.75) is 31.6 Å². The average molecular weight is 496 g/mol. The summed E-state index contributed by atoms with van der Waals surface area (Å²) in [6.45, 7) is 3.40. The Hall–Kier alpha value is -2.83. The molecule has 0 bridgehead atoms. The van der Waals surface area contributed by atoms with E-state index in [1.165, 1.54) is 41.2 Å². The molecule has 0 aromatic carbocycles. The number of piperidine rings is 1. The van der Waals surface area contributed by atoms with Crippen molar-refractivity contribution in [3.05, 3.63) is 40.5 Å². The maximum Gasteiger partial charge on any atom is 0.341 e. The van der Waals surface area contributed by atoms with E-state index in [1.807, 2.05) is 6.92 Å². The van der Waals surface area contributed by atoms with Crippen molar-refractivity contribution in [2.24, 2.45) is 5.92 Å². The standard InChI is InChI=1S/C21H25N3O7S2/c1-13-14(2)32-19(18(13)21(27)30-3)23-17(25)12-31-20(26)15-6-9-24(10-7-15)33(28,29)16-5-4-8-22-11-16/h4-5,8,11,15H,6-7,9-10,12H2,1-3H3,(H,23,25). The van der Waals surface area contributed by atoms with Crippen LogP contribution in [-0.4, -0.2) is 62.4 Å². The second kappa shape index (κ2) is 10.4. The molecule has 0 spiro atoms. The van der Waals surface area contributed by atoms with Gasteiger partial charge in [-0.2, -0.15) is 4.31 Å². The van der Waals surface area contributed by atoms with Crippen LogP contribution in [0.1, 0.15) is 33.6 Å². The number of sulfonamides is 1. The number of methoxy groups -OCH3 is 1. The van der Waals surface area contributed by atoms with E-state index in [4.69, 9.17) is 9.47 Å². The summed E-state index contributed by atoms with van der Waals surface area (Å²) in [4.78, 5) is 41.5. The van der Waals surface area contributed by atoms with Crippen molar-refractivity contribution < 1.29 is 32.3 Å². The van der Waals surface area contributed by atoms with E-state index >= 15 is 0 Å². The highest BCUT2D eigenvalue weighted by Gasteiger charge is 2.33. The van der Waals surface area contributed by atoms with Crippen molar-refractivity contribution in [2.75, 3.05) is 32.1 Å². The molecule has 1 aliphatic rings. The molecule has 1 aliphatic heterocycles. The Kier molecular flexibility index (Phi) is 7.82. The number of hydrogen-bond acceptors (Lipinski definition) is 9. The zero-order chi connectivity index (χ0) is 24.2. The van der Waals surface area contributed by atoms with E-state index in [1.54, 1.807) is 13.0 Å². The van der Waals surface area contributed by atoms with Gasteiger partial charge in [0.05, 0.1) is 18.6 Å². The Balaban J connectivity index is 1.52. The number of aromatic nitrogens is 1. The fourth-order valence-corrected chi connectivity index (χ4v) is 5.96. The fraction of sp³-hybridized carbons (Fsp3) is 0.429. The first kappa shape index (κ1) is 24.8. The lowest BCUT2D eigenvalue weighted by molar-refractivity contribution is -0.152. The van der Waals surface area contributed by atoms with Crippen LogP contribution in [-0.2, 0) is 29.1 Å². The summed E-state index contributed by atoms with van der Waals surface area (Å²) in [5.74, 6) is -2.20. The summed E-state index contributed by atoms with van der Waals surface area (Å²) < 4.78 is 36.6. The zero-order valence-electron chi connectivity index (χ0n) is 18.5. The number of amides is 1. The molecule has 2 aromatic heterocycles. The molecule has 12 heteroatoms. The van der Waals surface area contributed by atoms with Gasteiger partial charge in [-0.25, -0.2) is 13.2 Å². The van der Waals surface area contributed by atoms with Gasteiger partial charge >= 0.3 is 11.9 Å². The Morgan fingerprint density at radius 3 is 2.55 bits per heavy atom. The Morgan fingerprint density at radius 2 is 1.94 bits per heavy atom. The van der Waals surface area contributed by atoms with E-state index in [2.05, 4.69) is 10.3 Å². The Bertz CT molecular complexity index is 1140. The van der Waals surface area contributed by atoms with Crippen LogP contribution in [0.15, 0.2) is 29.4 Å². The fourth-order valence-electron chi connectivity index (χ4n) is 3.46. The first-order valence-electron chi connectivity index (χ1n) is 10.2. The molecule has 2 aromatic rings. The summed E-state index contributed by atoms with van der Waals surface area (Å²) in [6.07, 6.45) is 3.36. The molecule has 0 radical (unpaired) electrons. The van der Waals surface area contributed by atoms with Crippen LogP contribution in [0.4, 0.5) is 5.00 Å². The van der Waals surface area contributed by atoms with Gasteiger partial charge in [-0.1, -0.05) is 0 Å². The molecule has 3 heterocycles. The van der Waals surface area contributed by atoms with Crippen molar-refractivity contribution in [1.82, 2.24) is 9.29 Å². The molecule has 3 rings (SSSR count). The monoisotopic (exact) mass is 495 g/mol. The maximum absolute atomic E-state index is 12.7. The molecule has 0 unspecified atom stereocenters. The molecular weight excluding hydrogens is 470 g/mol. The second-order valence-electron chi connectivity index (χ2n) is 7.50. The van der Waals surface area contributed by atoms with Gasteiger partial charge in [-0.15, -0.1) is 11.3 Å². The zero-order valence-corrected chi connectivity index (χ0v) is 20.1. The highest BCUT2D eigenvalue weighted by molar-refractivity contribution is 7.89. The number of carbonyl (C=O) groups is 3. The lowest BCUT2D eigenvalue weighted by atomic mass is 9.98. The quantitative estimate of drug-likeness (QED) is 0.578. The van der Waals surface area contributed by atoms with Gasteiger partial charge in [0.2, 0.25) is 10.0 Å². The second-order valence-corrected chi connectivity index (χ2v) is 10.7. The van der Waals surface area contributed by atoms with E-state index < -0.39 is 40.4 Å². The topological polar surface area (TPSA) is 132 Å².